The zero-order chi connectivity index (χ0) is 18.1. The number of fused-ring (bicyclic) bond motifs is 1. The Morgan fingerprint density at radius 3 is 2.72 bits per heavy atom. The number of halogens is 2. The molecular formula is C17H11Cl2NO5. The van der Waals surface area contributed by atoms with Crippen molar-refractivity contribution < 1.29 is 19.1 Å². The van der Waals surface area contributed by atoms with Crippen LogP contribution in [0.1, 0.15) is 15.9 Å². The number of carbonyl (C=O) groups is 1. The van der Waals surface area contributed by atoms with E-state index in [-0.39, 0.29) is 39.2 Å². The lowest BCUT2D eigenvalue weighted by Gasteiger charge is -2.10. The normalized spacial score (nSPS) is 10.8. The van der Waals surface area contributed by atoms with Crippen molar-refractivity contribution in [1.29, 1.82) is 0 Å². The van der Waals surface area contributed by atoms with E-state index in [0.717, 1.165) is 0 Å². The van der Waals surface area contributed by atoms with Crippen LogP contribution in [0.25, 0.3) is 11.0 Å². The summed E-state index contributed by atoms with van der Waals surface area (Å²) in [6.07, 6.45) is 0. The molecule has 3 N–H and O–H groups in total. The van der Waals surface area contributed by atoms with Crippen LogP contribution in [0.5, 0.6) is 5.75 Å². The van der Waals surface area contributed by atoms with Crippen LogP contribution in [-0.4, -0.2) is 11.1 Å². The third kappa shape index (κ3) is 3.55. The first-order chi connectivity index (χ1) is 11.8. The predicted molar refractivity (Wildman–Crippen MR) is 94.1 cm³/mol. The van der Waals surface area contributed by atoms with Gasteiger partial charge in [0.25, 0.3) is 0 Å². The number of ether oxygens (including phenoxy) is 1. The van der Waals surface area contributed by atoms with Gasteiger partial charge in [0.15, 0.2) is 0 Å². The van der Waals surface area contributed by atoms with E-state index in [1.807, 2.05) is 0 Å². The van der Waals surface area contributed by atoms with Gasteiger partial charge in [-0.25, -0.2) is 9.59 Å². The topological polar surface area (TPSA) is 103 Å². The molecule has 0 atom stereocenters. The van der Waals surface area contributed by atoms with Crippen LogP contribution in [0.4, 0.5) is 5.69 Å². The summed E-state index contributed by atoms with van der Waals surface area (Å²) in [4.78, 5) is 23.9. The second-order valence-electron chi connectivity index (χ2n) is 5.20. The summed E-state index contributed by atoms with van der Waals surface area (Å²) in [5.74, 6) is -0.784. The minimum Gasteiger partial charge on any atom is -0.508 e. The Morgan fingerprint density at radius 2 is 1.96 bits per heavy atom. The van der Waals surface area contributed by atoms with Crippen molar-refractivity contribution in [1.82, 2.24) is 0 Å². The van der Waals surface area contributed by atoms with Crippen molar-refractivity contribution in [3.8, 4) is 5.75 Å². The van der Waals surface area contributed by atoms with E-state index < -0.39 is 11.6 Å². The van der Waals surface area contributed by atoms with Gasteiger partial charge in [-0.3, -0.25) is 0 Å². The van der Waals surface area contributed by atoms with Crippen molar-refractivity contribution >= 4 is 45.8 Å². The Hall–Kier alpha value is -2.70. The number of nitrogen functional groups attached to an aromatic ring is 1. The molecule has 6 nitrogen and oxygen atoms in total. The number of hydrogen-bond donors (Lipinski definition) is 2. The predicted octanol–water partition coefficient (Wildman–Crippen LogP) is 3.74. The number of aromatic hydroxyl groups is 1. The second kappa shape index (κ2) is 6.66. The maximum absolute atomic E-state index is 12.3. The van der Waals surface area contributed by atoms with Gasteiger partial charge in [0, 0.05) is 28.1 Å². The molecule has 128 valence electrons. The summed E-state index contributed by atoms with van der Waals surface area (Å²) < 4.78 is 10.2. The summed E-state index contributed by atoms with van der Waals surface area (Å²) in [7, 11) is 0. The maximum Gasteiger partial charge on any atom is 0.340 e. The Labute approximate surface area is 151 Å². The van der Waals surface area contributed by atoms with Gasteiger partial charge in [0.1, 0.15) is 17.9 Å². The van der Waals surface area contributed by atoms with Crippen LogP contribution in [0.15, 0.2) is 45.6 Å². The Bertz CT molecular complexity index is 1050. The number of benzene rings is 2. The highest BCUT2D eigenvalue weighted by Gasteiger charge is 2.16. The quantitative estimate of drug-likeness (QED) is 0.408. The van der Waals surface area contributed by atoms with Gasteiger partial charge in [-0.2, -0.15) is 0 Å². The Kier molecular flexibility index (Phi) is 4.57. The summed E-state index contributed by atoms with van der Waals surface area (Å²) in [6.45, 7) is -0.199. The van der Waals surface area contributed by atoms with E-state index >= 15 is 0 Å². The smallest absolute Gasteiger partial charge is 0.340 e. The molecule has 0 aliphatic rings. The van der Waals surface area contributed by atoms with Crippen molar-refractivity contribution in [3.63, 3.8) is 0 Å². The standard InChI is InChI=1S/C17H11Cl2NO5/c18-9-4-12(16(20)13(19)5-9)17(23)24-7-8-3-15(22)25-14-6-10(21)1-2-11(8)14/h1-6,21H,7,20H2. The van der Waals surface area contributed by atoms with Gasteiger partial charge in [-0.1, -0.05) is 23.2 Å². The molecule has 0 fully saturated rings. The fourth-order valence-corrected chi connectivity index (χ4v) is 2.81. The fourth-order valence-electron chi connectivity index (χ4n) is 2.31. The van der Waals surface area contributed by atoms with E-state index in [2.05, 4.69) is 0 Å². The molecule has 1 aromatic heterocycles. The molecule has 2 aromatic carbocycles. The van der Waals surface area contributed by atoms with Gasteiger partial charge in [-0.05, 0) is 24.3 Å². The number of esters is 1. The van der Waals surface area contributed by atoms with Gasteiger partial charge in [0.05, 0.1) is 16.3 Å². The zero-order valence-electron chi connectivity index (χ0n) is 12.6. The molecule has 0 bridgehead atoms. The number of phenolic OH excluding ortho intramolecular Hbond substituents is 1. The molecule has 3 aromatic rings. The van der Waals surface area contributed by atoms with Gasteiger partial charge >= 0.3 is 11.6 Å². The van der Waals surface area contributed by atoms with Crippen molar-refractivity contribution in [2.75, 3.05) is 5.73 Å². The summed E-state index contributed by atoms with van der Waals surface area (Å²) in [6, 6.07) is 8.26. The average Bonchev–Trinajstić information content (AvgIpc) is 2.55. The molecule has 25 heavy (non-hydrogen) atoms. The number of nitrogens with two attached hydrogens (primary N) is 1. The summed E-state index contributed by atoms with van der Waals surface area (Å²) in [5.41, 5.74) is 5.83. The van der Waals surface area contributed by atoms with Crippen LogP contribution in [-0.2, 0) is 11.3 Å². The van der Waals surface area contributed by atoms with Crippen LogP contribution in [0, 0.1) is 0 Å². The number of anilines is 1. The lowest BCUT2D eigenvalue weighted by Crippen LogP contribution is -2.10. The zero-order valence-corrected chi connectivity index (χ0v) is 14.1. The van der Waals surface area contributed by atoms with E-state index in [1.54, 1.807) is 6.07 Å². The first kappa shape index (κ1) is 17.1. The van der Waals surface area contributed by atoms with E-state index in [0.29, 0.717) is 10.9 Å². The first-order valence-corrected chi connectivity index (χ1v) is 7.78. The van der Waals surface area contributed by atoms with Crippen molar-refractivity contribution in [2.24, 2.45) is 0 Å². The largest absolute Gasteiger partial charge is 0.508 e. The minimum absolute atomic E-state index is 0.0300. The number of hydrogen-bond acceptors (Lipinski definition) is 6. The molecule has 8 heteroatoms. The van der Waals surface area contributed by atoms with Crippen LogP contribution in [0.2, 0.25) is 10.0 Å². The monoisotopic (exact) mass is 379 g/mol. The molecule has 0 spiro atoms. The number of phenols is 1. The molecule has 0 aliphatic carbocycles. The molecule has 0 radical (unpaired) electrons. The number of rotatable bonds is 3. The molecule has 0 unspecified atom stereocenters. The summed E-state index contributed by atoms with van der Waals surface area (Å²) >= 11 is 11.8. The molecule has 0 saturated carbocycles. The van der Waals surface area contributed by atoms with Gasteiger partial charge in [0.2, 0.25) is 0 Å². The molecule has 0 aliphatic heterocycles. The van der Waals surface area contributed by atoms with Crippen LogP contribution < -0.4 is 11.4 Å². The molecule has 3 rings (SSSR count). The maximum atomic E-state index is 12.3. The summed E-state index contributed by atoms with van der Waals surface area (Å²) in [5, 5.41) is 10.4. The highest BCUT2D eigenvalue weighted by atomic mass is 35.5. The van der Waals surface area contributed by atoms with E-state index in [9.17, 15) is 14.7 Å². The van der Waals surface area contributed by atoms with Crippen molar-refractivity contribution in [3.05, 3.63) is 68.0 Å². The minimum atomic E-state index is -0.734. The van der Waals surface area contributed by atoms with E-state index in [1.165, 1.54) is 30.3 Å². The van der Waals surface area contributed by atoms with Gasteiger partial charge < -0.3 is 20.0 Å². The average molecular weight is 380 g/mol. The van der Waals surface area contributed by atoms with Gasteiger partial charge in [-0.15, -0.1) is 0 Å². The third-order valence-corrected chi connectivity index (χ3v) is 4.02. The third-order valence-electron chi connectivity index (χ3n) is 3.49. The van der Waals surface area contributed by atoms with Crippen molar-refractivity contribution in [2.45, 2.75) is 6.61 Å². The van der Waals surface area contributed by atoms with E-state index in [4.69, 9.17) is 38.1 Å². The molecule has 0 saturated heterocycles. The molecule has 0 amide bonds. The highest BCUT2D eigenvalue weighted by molar-refractivity contribution is 6.37. The highest BCUT2D eigenvalue weighted by Crippen LogP contribution is 2.28. The lowest BCUT2D eigenvalue weighted by atomic mass is 10.1. The fraction of sp³-hybridized carbons (Fsp3) is 0.0588. The first-order valence-electron chi connectivity index (χ1n) is 7.02. The molecular weight excluding hydrogens is 369 g/mol. The lowest BCUT2D eigenvalue weighted by molar-refractivity contribution is 0.0475. The van der Waals surface area contributed by atoms with Crippen LogP contribution in [0.3, 0.4) is 0 Å². The molecule has 1 heterocycles. The Morgan fingerprint density at radius 1 is 1.20 bits per heavy atom. The number of carbonyl (C=O) groups excluding carboxylic acids is 1. The van der Waals surface area contributed by atoms with Crippen LogP contribution >= 0.6 is 23.2 Å². The second-order valence-corrected chi connectivity index (χ2v) is 6.04. The SMILES string of the molecule is Nc1c(Cl)cc(Cl)cc1C(=O)OCc1cc(=O)oc2cc(O)ccc12. The Balaban J connectivity index is 1.91.